The molecule has 0 spiro atoms. The molecule has 1 saturated heterocycles. The third-order valence-corrected chi connectivity index (χ3v) is 16.0. The smallest absolute Gasteiger partial charge is 0.319 e. The van der Waals surface area contributed by atoms with Crippen molar-refractivity contribution in [2.45, 2.75) is 63.8 Å². The van der Waals surface area contributed by atoms with E-state index in [0.717, 1.165) is 42.8 Å². The maximum atomic E-state index is 12.7. The first-order chi connectivity index (χ1) is 27.5. The Morgan fingerprint density at radius 2 is 1.46 bits per heavy atom. The zero-order valence-corrected chi connectivity index (χ0v) is 35.5. The summed E-state index contributed by atoms with van der Waals surface area (Å²) in [6, 6.07) is 42.9. The van der Waals surface area contributed by atoms with Crippen LogP contribution in [0.4, 0.5) is 10.5 Å². The number of carbonyl (C=O) groups is 1. The minimum atomic E-state index is -2.73. The number of nitrogens with zero attached hydrogens (tertiary/aromatic N) is 1. The van der Waals surface area contributed by atoms with Gasteiger partial charge in [-0.3, -0.25) is 0 Å². The number of ether oxygens (including phenoxy) is 1. The molecule has 0 aliphatic carbocycles. The summed E-state index contributed by atoms with van der Waals surface area (Å²) in [5.41, 5.74) is 3.12. The van der Waals surface area contributed by atoms with Crippen LogP contribution in [0.5, 0.6) is 11.5 Å². The van der Waals surface area contributed by atoms with E-state index in [1.165, 1.54) is 15.9 Å². The van der Waals surface area contributed by atoms with Gasteiger partial charge in [-0.25, -0.2) is 4.79 Å². The summed E-state index contributed by atoms with van der Waals surface area (Å²) in [7, 11) is -2.73. The molecule has 300 valence electrons. The molecule has 5 aromatic carbocycles. The second kappa shape index (κ2) is 19.8. The number of aliphatic hydroxyl groups is 1. The number of carbonyl (C=O) groups excluding carboxylic acids is 1. The van der Waals surface area contributed by atoms with Gasteiger partial charge in [0.25, 0.3) is 0 Å². The van der Waals surface area contributed by atoms with Gasteiger partial charge in [0.15, 0.2) is 0 Å². The first kappa shape index (κ1) is 42.1. The molecule has 2 amide bonds. The summed E-state index contributed by atoms with van der Waals surface area (Å²) >= 11 is 12.2. The van der Waals surface area contributed by atoms with Crippen molar-refractivity contribution in [3.05, 3.63) is 149 Å². The van der Waals surface area contributed by atoms with Gasteiger partial charge in [0.05, 0.1) is 0 Å². The number of piperidine rings is 1. The Morgan fingerprint density at radius 1 is 0.842 bits per heavy atom. The van der Waals surface area contributed by atoms with Crippen LogP contribution in [0.1, 0.15) is 44.7 Å². The van der Waals surface area contributed by atoms with Gasteiger partial charge < -0.3 is 35.1 Å². The normalized spacial score (nSPS) is 14.2. The quantitative estimate of drug-likeness (QED) is 0.0592. The maximum Gasteiger partial charge on any atom is 0.319 e. The number of amides is 2. The number of rotatable bonds is 16. The van der Waals surface area contributed by atoms with Crippen molar-refractivity contribution in [1.82, 2.24) is 15.5 Å². The Kier molecular flexibility index (Phi) is 14.6. The molecular formula is C46H54Cl2N4O4Si. The summed E-state index contributed by atoms with van der Waals surface area (Å²) in [6.07, 6.45) is 1.93. The fraction of sp³-hybridized carbons (Fsp3) is 0.326. The lowest BCUT2D eigenvalue weighted by molar-refractivity contribution is 0.106. The summed E-state index contributed by atoms with van der Waals surface area (Å²) in [5.74, 6) is 1.48. The minimum Gasteiger partial charge on any atom is -0.534 e. The molecule has 0 aromatic heterocycles. The van der Waals surface area contributed by atoms with Crippen molar-refractivity contribution >= 4 is 53.6 Å². The summed E-state index contributed by atoms with van der Waals surface area (Å²) in [6.45, 7) is 9.88. The molecule has 1 fully saturated rings. The van der Waals surface area contributed by atoms with E-state index in [-0.39, 0.29) is 17.7 Å². The minimum absolute atomic E-state index is 0.0824. The molecule has 0 bridgehead atoms. The number of likely N-dealkylation sites (tertiary alicyclic amines) is 1. The maximum absolute atomic E-state index is 12.7. The van der Waals surface area contributed by atoms with Crippen LogP contribution in [-0.4, -0.2) is 69.3 Å². The van der Waals surface area contributed by atoms with Gasteiger partial charge in [-0.1, -0.05) is 123 Å². The molecule has 1 heterocycles. The lowest BCUT2D eigenvalue weighted by atomic mass is 10.0. The van der Waals surface area contributed by atoms with Gasteiger partial charge in [0.2, 0.25) is 0 Å². The van der Waals surface area contributed by atoms with Crippen LogP contribution in [0.25, 0.3) is 0 Å². The van der Waals surface area contributed by atoms with Crippen LogP contribution in [0.3, 0.4) is 0 Å². The predicted octanol–water partition coefficient (Wildman–Crippen LogP) is 8.29. The molecule has 1 aliphatic rings. The lowest BCUT2D eigenvalue weighted by Gasteiger charge is -2.43. The van der Waals surface area contributed by atoms with Crippen LogP contribution >= 0.6 is 23.2 Å². The summed E-state index contributed by atoms with van der Waals surface area (Å²) in [4.78, 5) is 14.6. The molecular weight excluding hydrogens is 772 g/mol. The Labute approximate surface area is 348 Å². The topological polar surface area (TPSA) is 95.1 Å². The molecule has 0 unspecified atom stereocenters. The number of aliphatic hydroxyl groups excluding tert-OH is 1. The standard InChI is InChI=1S/C46H54Cl2N4O4Si/c1-46(2,3)57(42-10-6-4-7-11-42,43-12-8-5-9-13-43)56-41-22-20-40(21-23-41)55-33-39(53)32-49-27-24-34-14-18-37(19-15-34)51-38-25-28-52(29-26-38)45(54)50-31-35-16-17-36(47)30-44(35)48/h4-23,30,38-39,49,51,53H,24-29,31-33H2,1-3H3,(H,50,54)/t39-/m0/s1. The lowest BCUT2D eigenvalue weighted by Crippen LogP contribution is -2.68. The van der Waals surface area contributed by atoms with Gasteiger partial charge in [0, 0.05) is 48.0 Å². The summed E-state index contributed by atoms with van der Waals surface area (Å²) < 4.78 is 13.1. The predicted molar refractivity (Wildman–Crippen MR) is 236 cm³/mol. The molecule has 57 heavy (non-hydrogen) atoms. The van der Waals surface area contributed by atoms with Gasteiger partial charge in [0.1, 0.15) is 24.2 Å². The van der Waals surface area contributed by atoms with Gasteiger partial charge in [-0.05, 0) is 101 Å². The third-order valence-electron chi connectivity index (χ3n) is 10.5. The van der Waals surface area contributed by atoms with Crippen molar-refractivity contribution < 1.29 is 19.1 Å². The highest BCUT2D eigenvalue weighted by Crippen LogP contribution is 2.38. The number of nitrogens with one attached hydrogen (secondary N) is 3. The average molecular weight is 826 g/mol. The summed E-state index contributed by atoms with van der Waals surface area (Å²) in [5, 5.41) is 24.0. The van der Waals surface area contributed by atoms with E-state index in [2.05, 4.69) is 110 Å². The fourth-order valence-corrected chi connectivity index (χ4v) is 12.3. The number of urea groups is 1. The number of anilines is 1. The van der Waals surface area contributed by atoms with E-state index in [1.54, 1.807) is 12.1 Å². The van der Waals surface area contributed by atoms with Gasteiger partial charge in [-0.15, -0.1) is 0 Å². The molecule has 0 saturated carbocycles. The van der Waals surface area contributed by atoms with Crippen LogP contribution in [0.15, 0.2) is 127 Å². The number of hydrogen-bond donors (Lipinski definition) is 4. The average Bonchev–Trinajstić information content (AvgIpc) is 3.22. The van der Waals surface area contributed by atoms with Crippen LogP contribution in [0, 0.1) is 0 Å². The Bertz CT molecular complexity index is 1970. The van der Waals surface area contributed by atoms with Crippen molar-refractivity contribution in [1.29, 1.82) is 0 Å². The van der Waals surface area contributed by atoms with E-state index < -0.39 is 14.4 Å². The van der Waals surface area contributed by atoms with Crippen molar-refractivity contribution in [3.63, 3.8) is 0 Å². The second-order valence-electron chi connectivity index (χ2n) is 15.7. The zero-order valence-electron chi connectivity index (χ0n) is 33.0. The van der Waals surface area contributed by atoms with E-state index >= 15 is 0 Å². The highest BCUT2D eigenvalue weighted by Gasteiger charge is 2.52. The highest BCUT2D eigenvalue weighted by atomic mass is 35.5. The van der Waals surface area contributed by atoms with Gasteiger partial charge >= 0.3 is 14.3 Å². The van der Waals surface area contributed by atoms with Crippen molar-refractivity contribution in [2.75, 3.05) is 38.1 Å². The first-order valence-electron chi connectivity index (χ1n) is 19.7. The Hall–Kier alpha value is -4.51. The third kappa shape index (κ3) is 11.3. The molecule has 0 radical (unpaired) electrons. The molecule has 4 N–H and O–H groups in total. The SMILES string of the molecule is CC(C)(C)[Si](Oc1ccc(OC[C@@H](O)CNCCc2ccc(NC3CCN(C(=O)NCc4ccc(Cl)cc4Cl)CC3)cc2)cc1)(c1ccccc1)c1ccccc1. The van der Waals surface area contributed by atoms with E-state index in [0.29, 0.717) is 48.0 Å². The Morgan fingerprint density at radius 3 is 2.05 bits per heavy atom. The molecule has 11 heteroatoms. The highest BCUT2D eigenvalue weighted by molar-refractivity contribution is 7.00. The van der Waals surface area contributed by atoms with E-state index in [4.69, 9.17) is 32.4 Å². The number of benzene rings is 5. The van der Waals surface area contributed by atoms with Crippen LogP contribution in [-0.2, 0) is 13.0 Å². The second-order valence-corrected chi connectivity index (χ2v) is 20.7. The van der Waals surface area contributed by atoms with Crippen LogP contribution in [0.2, 0.25) is 15.1 Å². The van der Waals surface area contributed by atoms with Gasteiger partial charge in [-0.2, -0.15) is 0 Å². The largest absolute Gasteiger partial charge is 0.534 e. The van der Waals surface area contributed by atoms with E-state index in [1.807, 2.05) is 47.4 Å². The van der Waals surface area contributed by atoms with Crippen LogP contribution < -0.4 is 35.5 Å². The molecule has 5 aromatic rings. The number of halogens is 2. The number of hydrogen-bond acceptors (Lipinski definition) is 6. The first-order valence-corrected chi connectivity index (χ1v) is 22.4. The monoisotopic (exact) mass is 824 g/mol. The van der Waals surface area contributed by atoms with Crippen molar-refractivity contribution in [3.8, 4) is 11.5 Å². The zero-order chi connectivity index (χ0) is 40.3. The fourth-order valence-electron chi connectivity index (χ4n) is 7.36. The molecule has 1 atom stereocenters. The molecule has 8 nitrogen and oxygen atoms in total. The van der Waals surface area contributed by atoms with E-state index in [9.17, 15) is 9.90 Å². The molecule has 1 aliphatic heterocycles. The van der Waals surface area contributed by atoms with Crippen molar-refractivity contribution in [2.24, 2.45) is 0 Å². The Balaban J connectivity index is 0.891. The molecule has 6 rings (SSSR count).